The fourth-order valence-electron chi connectivity index (χ4n) is 5.12. The van der Waals surface area contributed by atoms with Crippen LogP contribution in [0, 0.1) is 17.0 Å². The first kappa shape index (κ1) is 27.7. The first-order chi connectivity index (χ1) is 18.2. The summed E-state index contributed by atoms with van der Waals surface area (Å²) in [6.45, 7) is 1.42. The summed E-state index contributed by atoms with van der Waals surface area (Å²) < 4.78 is 37.5. The van der Waals surface area contributed by atoms with E-state index in [0.29, 0.717) is 60.3 Å². The third kappa shape index (κ3) is 6.20. The minimum absolute atomic E-state index is 0.108. The van der Waals surface area contributed by atoms with Gasteiger partial charge < -0.3 is 24.8 Å². The van der Waals surface area contributed by atoms with Crippen molar-refractivity contribution >= 4 is 16.9 Å². The van der Waals surface area contributed by atoms with Crippen molar-refractivity contribution in [2.45, 2.75) is 38.4 Å². The number of methoxy groups -OCH3 is 1. The number of pyridine rings is 1. The molecule has 1 atom stereocenters. The largest absolute Gasteiger partial charge is 0.497 e. The summed E-state index contributed by atoms with van der Waals surface area (Å²) in [6, 6.07) is 8.30. The van der Waals surface area contributed by atoms with E-state index in [2.05, 4.69) is 9.88 Å². The van der Waals surface area contributed by atoms with Gasteiger partial charge in [-0.1, -0.05) is 0 Å². The van der Waals surface area contributed by atoms with Gasteiger partial charge in [0.15, 0.2) is 0 Å². The van der Waals surface area contributed by atoms with Gasteiger partial charge in [-0.2, -0.15) is 0 Å². The van der Waals surface area contributed by atoms with Gasteiger partial charge >= 0.3 is 5.97 Å². The van der Waals surface area contributed by atoms with Crippen molar-refractivity contribution in [3.05, 3.63) is 65.4 Å². The molecular weight excluding hydrogens is 498 g/mol. The second kappa shape index (κ2) is 12.0. The average Bonchev–Trinajstić information content (AvgIpc) is 2.90. The molecule has 1 aliphatic heterocycles. The quantitative estimate of drug-likeness (QED) is 0.340. The normalized spacial score (nSPS) is 16.3. The molecule has 2 aromatic carbocycles. The Hall–Kier alpha value is -3.34. The maximum atomic E-state index is 13.3. The number of carboxylic acid groups (broad SMARTS) is 1. The van der Waals surface area contributed by atoms with E-state index in [1.165, 1.54) is 13.3 Å². The number of carbonyl (C=O) groups is 1. The van der Waals surface area contributed by atoms with E-state index >= 15 is 0 Å². The number of aliphatic carboxylic acids is 1. The van der Waals surface area contributed by atoms with Gasteiger partial charge in [-0.15, -0.1) is 0 Å². The first-order valence-corrected chi connectivity index (χ1v) is 12.5. The highest BCUT2D eigenvalue weighted by atomic mass is 19.1. The molecular formula is C28H32F2N2O6. The number of piperidine rings is 1. The molecule has 3 aromatic rings. The molecule has 3 N–H and O–H groups in total. The predicted octanol–water partition coefficient (Wildman–Crippen LogP) is 4.07. The lowest BCUT2D eigenvalue weighted by molar-refractivity contribution is -0.153. The van der Waals surface area contributed by atoms with Gasteiger partial charge in [0, 0.05) is 41.9 Å². The number of aliphatic hydroxyl groups is 2. The molecule has 2 heterocycles. The summed E-state index contributed by atoms with van der Waals surface area (Å²) in [4.78, 5) is 18.8. The molecule has 0 spiro atoms. The molecule has 38 heavy (non-hydrogen) atoms. The van der Waals surface area contributed by atoms with E-state index in [1.807, 2.05) is 0 Å². The van der Waals surface area contributed by atoms with E-state index in [-0.39, 0.29) is 31.8 Å². The molecule has 1 fully saturated rings. The van der Waals surface area contributed by atoms with E-state index in [4.69, 9.17) is 9.47 Å². The Labute approximate surface area is 219 Å². The number of ether oxygens (including phenoxy) is 2. The molecule has 1 aromatic heterocycles. The van der Waals surface area contributed by atoms with Gasteiger partial charge in [-0.25, -0.2) is 8.78 Å². The van der Waals surface area contributed by atoms with Gasteiger partial charge in [0.25, 0.3) is 0 Å². The van der Waals surface area contributed by atoms with Crippen LogP contribution in [0.5, 0.6) is 11.5 Å². The Balaban J connectivity index is 1.39. The molecule has 0 aliphatic carbocycles. The third-order valence-electron chi connectivity index (χ3n) is 7.38. The average molecular weight is 531 g/mol. The number of rotatable bonds is 11. The van der Waals surface area contributed by atoms with Crippen molar-refractivity contribution < 1.29 is 38.4 Å². The Morgan fingerprint density at radius 2 is 1.84 bits per heavy atom. The van der Waals surface area contributed by atoms with Crippen molar-refractivity contribution in [3.63, 3.8) is 0 Å². The monoisotopic (exact) mass is 530 g/mol. The number of hydrogen-bond donors (Lipinski definition) is 3. The lowest BCUT2D eigenvalue weighted by Crippen LogP contribution is -2.45. The Kier molecular flexibility index (Phi) is 8.76. The molecule has 0 amide bonds. The highest BCUT2D eigenvalue weighted by Gasteiger charge is 2.41. The number of hydrogen-bond acceptors (Lipinski definition) is 7. The summed E-state index contributed by atoms with van der Waals surface area (Å²) in [5.41, 5.74) is 0.654. The van der Waals surface area contributed by atoms with Crippen molar-refractivity contribution in [3.8, 4) is 11.5 Å². The minimum Gasteiger partial charge on any atom is -0.497 e. The van der Waals surface area contributed by atoms with Gasteiger partial charge in [0.1, 0.15) is 29.7 Å². The summed E-state index contributed by atoms with van der Waals surface area (Å²) in [6.07, 6.45) is 1.77. The van der Waals surface area contributed by atoms with Crippen LogP contribution in [0.1, 0.15) is 42.9 Å². The second-order valence-electron chi connectivity index (χ2n) is 9.67. The second-order valence-corrected chi connectivity index (χ2v) is 9.67. The maximum absolute atomic E-state index is 13.3. The lowest BCUT2D eigenvalue weighted by atomic mass is 9.74. The Morgan fingerprint density at radius 1 is 1.13 bits per heavy atom. The minimum atomic E-state index is -0.996. The van der Waals surface area contributed by atoms with E-state index in [1.54, 1.807) is 18.2 Å². The number of fused-ring (bicyclic) bond motifs is 1. The van der Waals surface area contributed by atoms with Crippen molar-refractivity contribution in [1.29, 1.82) is 0 Å². The van der Waals surface area contributed by atoms with Crippen LogP contribution in [0.3, 0.4) is 0 Å². The van der Waals surface area contributed by atoms with Gasteiger partial charge in [0.05, 0.1) is 30.8 Å². The zero-order valence-corrected chi connectivity index (χ0v) is 21.2. The van der Waals surface area contributed by atoms with Crippen LogP contribution in [0.4, 0.5) is 8.78 Å². The van der Waals surface area contributed by atoms with Gasteiger partial charge in [-0.3, -0.25) is 14.7 Å². The number of benzene rings is 2. The van der Waals surface area contributed by atoms with Gasteiger partial charge in [0.2, 0.25) is 0 Å². The topological polar surface area (TPSA) is 112 Å². The zero-order valence-electron chi connectivity index (χ0n) is 21.2. The fourth-order valence-corrected chi connectivity index (χ4v) is 5.12. The summed E-state index contributed by atoms with van der Waals surface area (Å²) in [7, 11) is 1.54. The van der Waals surface area contributed by atoms with Crippen LogP contribution in [-0.2, 0) is 11.4 Å². The standard InChI is InChI=1S/C28H32F2N2O6/c1-37-21-2-3-24-23(15-21)26(18(17-33)16-31-24)25(34)4-5-28(27(35)36)6-8-32(9-7-28)10-11-38-22-13-19(29)12-20(30)14-22/h2-3,12-16,25,33-34H,4-11,17H2,1H3,(H,35,36)/t25-/m1/s1. The van der Waals surface area contributed by atoms with Gasteiger partial charge in [-0.05, 0) is 62.5 Å². The van der Waals surface area contributed by atoms with E-state index in [9.17, 15) is 28.9 Å². The van der Waals surface area contributed by atoms with Crippen molar-refractivity contribution in [2.24, 2.45) is 5.41 Å². The molecule has 0 saturated carbocycles. The number of aromatic nitrogens is 1. The molecule has 1 saturated heterocycles. The van der Waals surface area contributed by atoms with Crippen LogP contribution in [0.15, 0.2) is 42.6 Å². The smallest absolute Gasteiger partial charge is 0.309 e. The molecule has 204 valence electrons. The first-order valence-electron chi connectivity index (χ1n) is 12.5. The van der Waals surface area contributed by atoms with Crippen LogP contribution >= 0.6 is 0 Å². The Morgan fingerprint density at radius 3 is 2.47 bits per heavy atom. The zero-order chi connectivity index (χ0) is 27.3. The number of halogens is 2. The molecule has 10 heteroatoms. The number of likely N-dealkylation sites (tertiary alicyclic amines) is 1. The third-order valence-corrected chi connectivity index (χ3v) is 7.38. The summed E-state index contributed by atoms with van der Waals surface area (Å²) >= 11 is 0. The molecule has 0 bridgehead atoms. The highest BCUT2D eigenvalue weighted by Crippen LogP contribution is 2.40. The van der Waals surface area contributed by atoms with Crippen LogP contribution in [0.25, 0.3) is 10.9 Å². The number of nitrogens with zero attached hydrogens (tertiary/aromatic N) is 2. The lowest BCUT2D eigenvalue weighted by Gasteiger charge is -2.39. The molecule has 8 nitrogen and oxygen atoms in total. The number of carboxylic acids is 1. The van der Waals surface area contributed by atoms with E-state index < -0.39 is 29.1 Å². The highest BCUT2D eigenvalue weighted by molar-refractivity contribution is 5.85. The number of aliphatic hydroxyl groups excluding tert-OH is 2. The van der Waals surface area contributed by atoms with E-state index in [0.717, 1.165) is 18.2 Å². The van der Waals surface area contributed by atoms with Crippen LogP contribution in [-0.4, -0.2) is 64.5 Å². The van der Waals surface area contributed by atoms with Crippen molar-refractivity contribution in [2.75, 3.05) is 33.4 Å². The van der Waals surface area contributed by atoms with Crippen LogP contribution < -0.4 is 9.47 Å². The molecule has 1 aliphatic rings. The molecule has 4 rings (SSSR count). The SMILES string of the molecule is COc1ccc2ncc(CO)c([C@H](O)CCC3(C(=O)O)CCN(CCOc4cc(F)cc(F)c4)CC3)c2c1. The maximum Gasteiger partial charge on any atom is 0.309 e. The fraction of sp³-hybridized carbons (Fsp3) is 0.429. The summed E-state index contributed by atoms with van der Waals surface area (Å²) in [5, 5.41) is 31.8. The molecule has 0 radical (unpaired) electrons. The van der Waals surface area contributed by atoms with Crippen LogP contribution in [0.2, 0.25) is 0 Å². The molecule has 0 unspecified atom stereocenters. The Bertz CT molecular complexity index is 1250. The summed E-state index contributed by atoms with van der Waals surface area (Å²) in [5.74, 6) is -1.63. The predicted molar refractivity (Wildman–Crippen MR) is 136 cm³/mol. The van der Waals surface area contributed by atoms with Crippen molar-refractivity contribution in [1.82, 2.24) is 9.88 Å².